The van der Waals surface area contributed by atoms with Crippen molar-refractivity contribution in [3.8, 4) is 0 Å². The fourth-order valence-corrected chi connectivity index (χ4v) is 3.15. The molecule has 2 atom stereocenters. The molecule has 0 saturated heterocycles. The van der Waals surface area contributed by atoms with Crippen molar-refractivity contribution in [3.63, 3.8) is 0 Å². The number of nitrogens with two attached hydrogens (primary N) is 1. The second-order valence-electron chi connectivity index (χ2n) is 5.45. The van der Waals surface area contributed by atoms with Crippen LogP contribution in [0.3, 0.4) is 0 Å². The van der Waals surface area contributed by atoms with Crippen LogP contribution in [0.5, 0.6) is 0 Å². The van der Waals surface area contributed by atoms with Crippen LogP contribution in [0.25, 0.3) is 0 Å². The van der Waals surface area contributed by atoms with E-state index >= 15 is 0 Å². The highest BCUT2D eigenvalue weighted by Gasteiger charge is 2.40. The third-order valence-corrected chi connectivity index (χ3v) is 4.65. The predicted octanol–water partition coefficient (Wildman–Crippen LogP) is 3.32. The monoisotopic (exact) mass is 217 g/mol. The van der Waals surface area contributed by atoms with E-state index in [1.54, 1.807) is 0 Å². The zero-order valence-electron chi connectivity index (χ0n) is 10.7. The van der Waals surface area contributed by atoms with E-state index in [1.165, 1.54) is 36.0 Å². The summed E-state index contributed by atoms with van der Waals surface area (Å²) in [6.07, 6.45) is 3.91. The number of aryl methyl sites for hydroxylation is 2. The average molecular weight is 217 g/mol. The minimum atomic E-state index is 0.248. The van der Waals surface area contributed by atoms with E-state index in [-0.39, 0.29) is 5.41 Å². The quantitative estimate of drug-likeness (QED) is 0.808. The summed E-state index contributed by atoms with van der Waals surface area (Å²) < 4.78 is 0. The third-order valence-electron chi connectivity index (χ3n) is 4.65. The summed E-state index contributed by atoms with van der Waals surface area (Å²) in [5.41, 5.74) is 10.6. The van der Waals surface area contributed by atoms with Gasteiger partial charge in [-0.15, -0.1) is 0 Å². The zero-order chi connectivity index (χ0) is 11.8. The Hall–Kier alpha value is -0.820. The van der Waals surface area contributed by atoms with E-state index < -0.39 is 0 Å². The first-order valence-corrected chi connectivity index (χ1v) is 6.38. The lowest BCUT2D eigenvalue weighted by Crippen LogP contribution is -2.37. The molecule has 0 bridgehead atoms. The largest absolute Gasteiger partial charge is 0.330 e. The maximum Gasteiger partial charge on any atom is 0.0101 e. The normalized spacial score (nSPS) is 29.6. The Labute approximate surface area is 99.0 Å². The van der Waals surface area contributed by atoms with Crippen molar-refractivity contribution in [3.05, 3.63) is 34.9 Å². The van der Waals surface area contributed by atoms with Crippen LogP contribution in [0.2, 0.25) is 0 Å². The van der Waals surface area contributed by atoms with Crippen LogP contribution in [0.4, 0.5) is 0 Å². The minimum Gasteiger partial charge on any atom is -0.330 e. The fourth-order valence-electron chi connectivity index (χ4n) is 3.15. The van der Waals surface area contributed by atoms with Crippen molar-refractivity contribution in [1.82, 2.24) is 0 Å². The van der Waals surface area contributed by atoms with E-state index in [0.29, 0.717) is 0 Å². The molecule has 1 aromatic rings. The Morgan fingerprint density at radius 2 is 2.06 bits per heavy atom. The molecule has 1 aliphatic carbocycles. The first-order valence-electron chi connectivity index (χ1n) is 6.38. The second kappa shape index (κ2) is 4.21. The molecule has 2 unspecified atom stereocenters. The average Bonchev–Trinajstić information content (AvgIpc) is 2.65. The Bertz CT molecular complexity index is 383. The highest BCUT2D eigenvalue weighted by atomic mass is 14.6. The van der Waals surface area contributed by atoms with Crippen molar-refractivity contribution in [1.29, 1.82) is 0 Å². The van der Waals surface area contributed by atoms with E-state index in [2.05, 4.69) is 39.0 Å². The summed E-state index contributed by atoms with van der Waals surface area (Å²) in [4.78, 5) is 0. The summed E-state index contributed by atoms with van der Waals surface area (Å²) in [5, 5.41) is 0. The molecule has 0 radical (unpaired) electrons. The summed E-state index contributed by atoms with van der Waals surface area (Å²) >= 11 is 0. The molecule has 0 aliphatic heterocycles. The van der Waals surface area contributed by atoms with Crippen molar-refractivity contribution in [2.75, 3.05) is 6.54 Å². The highest BCUT2D eigenvalue weighted by molar-refractivity contribution is 5.36. The Balaban J connectivity index is 2.44. The molecule has 0 heterocycles. The number of hydrogen-bond donors (Lipinski definition) is 1. The Morgan fingerprint density at radius 1 is 1.31 bits per heavy atom. The van der Waals surface area contributed by atoms with Gasteiger partial charge < -0.3 is 5.73 Å². The van der Waals surface area contributed by atoms with Gasteiger partial charge >= 0.3 is 0 Å². The van der Waals surface area contributed by atoms with Crippen LogP contribution in [0.15, 0.2) is 18.2 Å². The van der Waals surface area contributed by atoms with E-state index in [1.807, 2.05) is 0 Å². The first kappa shape index (κ1) is 11.7. The van der Waals surface area contributed by atoms with Gasteiger partial charge in [-0.25, -0.2) is 0 Å². The van der Waals surface area contributed by atoms with Crippen LogP contribution in [0.1, 0.15) is 42.9 Å². The molecule has 2 N–H and O–H groups in total. The molecule has 88 valence electrons. The third kappa shape index (κ3) is 1.67. The Kier molecular flexibility index (Phi) is 3.07. The predicted molar refractivity (Wildman–Crippen MR) is 69.7 cm³/mol. The highest BCUT2D eigenvalue weighted by Crippen LogP contribution is 2.45. The molecular formula is C15H23N. The minimum absolute atomic E-state index is 0.248. The number of benzene rings is 1. The lowest BCUT2D eigenvalue weighted by Gasteiger charge is -2.33. The van der Waals surface area contributed by atoms with Gasteiger partial charge in [-0.2, -0.15) is 0 Å². The van der Waals surface area contributed by atoms with Crippen LogP contribution in [0, 0.1) is 19.8 Å². The molecular weight excluding hydrogens is 194 g/mol. The van der Waals surface area contributed by atoms with Gasteiger partial charge in [0.1, 0.15) is 0 Å². The standard InChI is InChI=1S/C15H23N/c1-11-6-7-14(9-12(11)2)15(10-16)8-4-5-13(15)3/h6-7,9,13H,4-5,8,10,16H2,1-3H3. The smallest absolute Gasteiger partial charge is 0.0101 e. The van der Waals surface area contributed by atoms with Crippen LogP contribution >= 0.6 is 0 Å². The lowest BCUT2D eigenvalue weighted by molar-refractivity contribution is 0.346. The molecule has 1 aromatic carbocycles. The number of rotatable bonds is 2. The first-order chi connectivity index (χ1) is 7.60. The molecule has 0 spiro atoms. The van der Waals surface area contributed by atoms with Gasteiger partial charge in [0.2, 0.25) is 0 Å². The fraction of sp³-hybridized carbons (Fsp3) is 0.600. The van der Waals surface area contributed by atoms with Gasteiger partial charge in [-0.3, -0.25) is 0 Å². The van der Waals surface area contributed by atoms with Crippen molar-refractivity contribution < 1.29 is 0 Å². The molecule has 1 heteroatoms. The molecule has 2 rings (SSSR count). The summed E-state index contributed by atoms with van der Waals surface area (Å²) in [7, 11) is 0. The topological polar surface area (TPSA) is 26.0 Å². The van der Waals surface area contributed by atoms with Gasteiger partial charge in [-0.1, -0.05) is 31.5 Å². The van der Waals surface area contributed by atoms with Crippen LogP contribution in [-0.4, -0.2) is 6.54 Å². The van der Waals surface area contributed by atoms with E-state index in [4.69, 9.17) is 5.73 Å². The van der Waals surface area contributed by atoms with Gasteiger partial charge in [0.25, 0.3) is 0 Å². The lowest BCUT2D eigenvalue weighted by atomic mass is 9.72. The number of hydrogen-bond acceptors (Lipinski definition) is 1. The van der Waals surface area contributed by atoms with Crippen LogP contribution < -0.4 is 5.73 Å². The van der Waals surface area contributed by atoms with Crippen molar-refractivity contribution in [2.45, 2.75) is 45.4 Å². The SMILES string of the molecule is Cc1ccc(C2(CN)CCCC2C)cc1C. The molecule has 16 heavy (non-hydrogen) atoms. The summed E-state index contributed by atoms with van der Waals surface area (Å²) in [5.74, 6) is 0.722. The van der Waals surface area contributed by atoms with Gasteiger partial charge in [0.15, 0.2) is 0 Å². The van der Waals surface area contributed by atoms with Crippen molar-refractivity contribution in [2.24, 2.45) is 11.7 Å². The van der Waals surface area contributed by atoms with Crippen molar-refractivity contribution >= 4 is 0 Å². The molecule has 0 amide bonds. The van der Waals surface area contributed by atoms with Gasteiger partial charge in [0, 0.05) is 12.0 Å². The summed E-state index contributed by atoms with van der Waals surface area (Å²) in [6, 6.07) is 6.88. The van der Waals surface area contributed by atoms with E-state index in [0.717, 1.165) is 12.5 Å². The Morgan fingerprint density at radius 3 is 2.56 bits per heavy atom. The van der Waals surface area contributed by atoms with Gasteiger partial charge in [-0.05, 0) is 49.3 Å². The van der Waals surface area contributed by atoms with E-state index in [9.17, 15) is 0 Å². The molecule has 1 aliphatic rings. The maximum absolute atomic E-state index is 6.08. The molecule has 0 aromatic heterocycles. The zero-order valence-corrected chi connectivity index (χ0v) is 10.7. The summed E-state index contributed by atoms with van der Waals surface area (Å²) in [6.45, 7) is 7.51. The second-order valence-corrected chi connectivity index (χ2v) is 5.45. The maximum atomic E-state index is 6.08. The van der Waals surface area contributed by atoms with Gasteiger partial charge in [0.05, 0.1) is 0 Å². The van der Waals surface area contributed by atoms with Crippen LogP contribution in [-0.2, 0) is 5.41 Å². The molecule has 1 saturated carbocycles. The molecule has 1 fully saturated rings. The molecule has 1 nitrogen and oxygen atoms in total.